The van der Waals surface area contributed by atoms with Gasteiger partial charge >= 0.3 is 194 Å². The third kappa shape index (κ3) is 6.28. The number of hydrogen-bond donors (Lipinski definition) is 0. The zero-order valence-electron chi connectivity index (χ0n) is 22.4. The summed E-state index contributed by atoms with van der Waals surface area (Å²) in [6.07, 6.45) is 13.4. The van der Waals surface area contributed by atoms with Crippen LogP contribution in [0.15, 0.2) is 40.3 Å². The van der Waals surface area contributed by atoms with Crippen molar-refractivity contribution in [2.24, 2.45) is 0 Å². The minimum Gasteiger partial charge on any atom is -0.857 e. The normalized spacial score (nSPS) is 22.0. The fraction of sp³-hybridized carbons (Fsp3) is 0.692. The Morgan fingerprint density at radius 2 is 0.939 bits per heavy atom. The van der Waals surface area contributed by atoms with E-state index in [0.717, 1.165) is 14.2 Å². The summed E-state index contributed by atoms with van der Waals surface area (Å²) in [7, 11) is -1.49. The van der Waals surface area contributed by atoms with Gasteiger partial charge in [-0.3, -0.25) is 0 Å². The first-order chi connectivity index (χ1) is 15.7. The zero-order chi connectivity index (χ0) is 24.8. The van der Waals surface area contributed by atoms with Crippen LogP contribution in [0.25, 0.3) is 0 Å². The molecule has 33 heavy (non-hydrogen) atoms. The first kappa shape index (κ1) is 29.3. The van der Waals surface area contributed by atoms with Crippen LogP contribution in [0, 0.1) is 0 Å². The van der Waals surface area contributed by atoms with Crippen LogP contribution in [0.3, 0.4) is 0 Å². The van der Waals surface area contributed by atoms with Crippen molar-refractivity contribution in [1.29, 1.82) is 0 Å². The van der Waals surface area contributed by atoms with Gasteiger partial charge in [-0.15, -0.1) is 0 Å². The Balaban J connectivity index is 0.000000914. The van der Waals surface area contributed by atoms with Gasteiger partial charge in [0, 0.05) is 0 Å². The summed E-state index contributed by atoms with van der Waals surface area (Å²) in [6, 6.07) is 0. The molecule has 0 radical (unpaired) electrons. The van der Waals surface area contributed by atoms with E-state index in [-0.39, 0.29) is 0 Å². The average molecular weight is 566 g/mol. The molecule has 0 amide bonds. The van der Waals surface area contributed by atoms with Crippen molar-refractivity contribution in [2.75, 3.05) is 40.4 Å². The quantitative estimate of drug-likeness (QED) is 0.458. The molecule has 4 aliphatic rings. The summed E-state index contributed by atoms with van der Waals surface area (Å²) in [5.41, 5.74) is 3.29. The molecule has 0 saturated carbocycles. The van der Waals surface area contributed by atoms with E-state index in [2.05, 4.69) is 61.3 Å². The fourth-order valence-electron chi connectivity index (χ4n) is 6.38. The summed E-state index contributed by atoms with van der Waals surface area (Å²) in [4.78, 5) is 0. The maximum absolute atomic E-state index is 8.25. The van der Waals surface area contributed by atoms with Gasteiger partial charge in [-0.2, -0.15) is 14.2 Å². The summed E-state index contributed by atoms with van der Waals surface area (Å²) in [5, 5.41) is 20.3. The molecule has 2 aliphatic heterocycles. The summed E-state index contributed by atoms with van der Waals surface area (Å²) >= 11 is -0.689. The van der Waals surface area contributed by atoms with Crippen LogP contribution in [-0.2, 0) is 23.2 Å². The molecule has 2 saturated heterocycles. The third-order valence-electron chi connectivity index (χ3n) is 7.94. The number of allylic oxidation sites excluding steroid dienone is 8. The number of hydrogen-bond acceptors (Lipinski definition) is 4. The van der Waals surface area contributed by atoms with E-state index < -0.39 is 39.7 Å². The maximum Gasteiger partial charge on any atom is -0.153 e. The second-order valence-corrected chi connectivity index (χ2v) is 22.6. The Morgan fingerprint density at radius 1 is 0.636 bits per heavy atom. The van der Waals surface area contributed by atoms with Crippen LogP contribution >= 0.6 is 0 Å². The summed E-state index contributed by atoms with van der Waals surface area (Å²) in [5.74, 6) is 0. The molecule has 0 aromatic heterocycles. The largest absolute Gasteiger partial charge is 0.857 e. The third-order valence-corrected chi connectivity index (χ3v) is 20.8. The summed E-state index contributed by atoms with van der Waals surface area (Å²) < 4.78 is 9.69. The van der Waals surface area contributed by atoms with Crippen molar-refractivity contribution in [3.63, 3.8) is 0 Å². The van der Waals surface area contributed by atoms with Gasteiger partial charge < -0.3 is 10.2 Å². The fourth-order valence-corrected chi connectivity index (χ4v) is 22.4. The Kier molecular flexibility index (Phi) is 11.5. The molecule has 0 N–H and O–H groups in total. The van der Waals surface area contributed by atoms with Crippen molar-refractivity contribution in [3.8, 4) is 0 Å². The second-order valence-electron chi connectivity index (χ2n) is 10.5. The van der Waals surface area contributed by atoms with Crippen molar-refractivity contribution < 1.29 is 33.4 Å². The standard InChI is InChI=1S/2C12H20NSi.2CH3O.Zr/c2*1-11-7-6-8-12(11)14(2,3)13-9-4-5-10-13;2*1-2;/h2*7H,4-6,9-10H2,1-3H3;2*1H3;/q;;2*-1;+2. The molecule has 0 spiro atoms. The SMILES string of the molecule is CC1=CC[C]([Zr+2][C]2=C([Si](C)(C)N3CCCC3)C(C)=CC2)=C1[Si](C)(C)N1CCCC1.C[O-].C[O-]. The summed E-state index contributed by atoms with van der Waals surface area (Å²) in [6.45, 7) is 20.8. The molecular formula is C26H46N2O2Si2Zr. The van der Waals surface area contributed by atoms with Gasteiger partial charge in [0.2, 0.25) is 0 Å². The van der Waals surface area contributed by atoms with Crippen LogP contribution in [0.1, 0.15) is 52.4 Å². The Labute approximate surface area is 217 Å². The average Bonchev–Trinajstić information content (AvgIpc) is 3.60. The molecule has 4 rings (SSSR count). The molecule has 184 valence electrons. The smallest absolute Gasteiger partial charge is 0.153 e. The van der Waals surface area contributed by atoms with Gasteiger partial charge in [0.05, 0.1) is 0 Å². The first-order valence-corrected chi connectivity index (χ1v) is 21.0. The molecule has 0 aromatic rings. The minimum absolute atomic E-state index is 0.689. The second kappa shape index (κ2) is 12.9. The van der Waals surface area contributed by atoms with Crippen molar-refractivity contribution in [3.05, 3.63) is 40.3 Å². The van der Waals surface area contributed by atoms with Crippen LogP contribution in [0.5, 0.6) is 0 Å². The predicted octanol–water partition coefficient (Wildman–Crippen LogP) is 3.91. The van der Waals surface area contributed by atoms with Crippen LogP contribution < -0.4 is 10.2 Å². The van der Waals surface area contributed by atoms with Gasteiger partial charge in [0.1, 0.15) is 0 Å². The molecular weight excluding hydrogens is 520 g/mol. The monoisotopic (exact) mass is 564 g/mol. The van der Waals surface area contributed by atoms with Gasteiger partial charge in [0.25, 0.3) is 0 Å². The van der Waals surface area contributed by atoms with E-state index in [0.29, 0.717) is 0 Å². The van der Waals surface area contributed by atoms with Crippen LogP contribution in [0.2, 0.25) is 26.2 Å². The van der Waals surface area contributed by atoms with Gasteiger partial charge in [0.15, 0.2) is 0 Å². The van der Waals surface area contributed by atoms with E-state index in [1.807, 2.05) is 17.0 Å². The topological polar surface area (TPSA) is 52.6 Å². The molecule has 2 fully saturated rings. The van der Waals surface area contributed by atoms with Crippen molar-refractivity contribution in [2.45, 2.75) is 78.6 Å². The van der Waals surface area contributed by atoms with Gasteiger partial charge in [-0.25, -0.2) is 0 Å². The van der Waals surface area contributed by atoms with E-state index in [1.165, 1.54) is 64.7 Å². The zero-order valence-corrected chi connectivity index (χ0v) is 26.9. The predicted molar refractivity (Wildman–Crippen MR) is 139 cm³/mol. The van der Waals surface area contributed by atoms with E-state index >= 15 is 0 Å². The maximum atomic E-state index is 8.25. The molecule has 0 atom stereocenters. The van der Waals surface area contributed by atoms with Crippen LogP contribution in [-0.4, -0.2) is 66.0 Å². The number of rotatable bonds is 6. The molecule has 7 heteroatoms. The molecule has 2 heterocycles. The van der Waals surface area contributed by atoms with Crippen LogP contribution in [0.4, 0.5) is 0 Å². The number of nitrogens with zero attached hydrogens (tertiary/aromatic N) is 2. The Bertz CT molecular complexity index is 737. The van der Waals surface area contributed by atoms with Gasteiger partial charge in [-0.1, -0.05) is 0 Å². The van der Waals surface area contributed by atoms with E-state index in [4.69, 9.17) is 10.2 Å². The molecule has 4 nitrogen and oxygen atoms in total. The molecule has 2 aliphatic carbocycles. The minimum atomic E-state index is -1.50. The van der Waals surface area contributed by atoms with E-state index in [9.17, 15) is 0 Å². The Morgan fingerprint density at radius 3 is 1.24 bits per heavy atom. The van der Waals surface area contributed by atoms with E-state index in [1.54, 1.807) is 11.1 Å². The van der Waals surface area contributed by atoms with Gasteiger partial charge in [-0.05, 0) is 0 Å². The molecule has 0 bridgehead atoms. The van der Waals surface area contributed by atoms with Crippen molar-refractivity contribution in [1.82, 2.24) is 9.13 Å². The molecule has 0 aromatic carbocycles. The molecule has 0 unspecified atom stereocenters. The Hall–Kier alpha value is 0.117. The first-order valence-electron chi connectivity index (χ1n) is 12.6. The van der Waals surface area contributed by atoms with Crippen molar-refractivity contribution >= 4 is 16.5 Å².